The zero-order valence-electron chi connectivity index (χ0n) is 4.81. The van der Waals surface area contributed by atoms with E-state index in [-0.39, 0.29) is 0 Å². The van der Waals surface area contributed by atoms with Crippen molar-refractivity contribution in [3.63, 3.8) is 0 Å². The fourth-order valence-electron chi connectivity index (χ4n) is 0.250. The Labute approximate surface area is 43.8 Å². The van der Waals surface area contributed by atoms with Gasteiger partial charge in [0.25, 0.3) is 0 Å². The van der Waals surface area contributed by atoms with E-state index >= 15 is 0 Å². The zero-order chi connectivity index (χ0) is 5.91. The molecule has 2 heteroatoms. The Morgan fingerprint density at radius 3 is 1.43 bits per heavy atom. The van der Waals surface area contributed by atoms with Crippen molar-refractivity contribution in [2.24, 2.45) is 0 Å². The smallest absolute Gasteiger partial charge is 0.161 e. The first-order valence-electron chi connectivity index (χ1n) is 2.57. The summed E-state index contributed by atoms with van der Waals surface area (Å²) >= 11 is 0. The lowest BCUT2D eigenvalue weighted by Gasteiger charge is -2.15. The molecule has 0 aliphatic carbocycles. The van der Waals surface area contributed by atoms with E-state index in [1.54, 1.807) is 13.8 Å². The Kier molecular flexibility index (Phi) is 2.26. The van der Waals surface area contributed by atoms with Crippen LogP contribution < -0.4 is 0 Å². The van der Waals surface area contributed by atoms with E-state index in [1.165, 1.54) is 0 Å². The van der Waals surface area contributed by atoms with Crippen LogP contribution in [0.2, 0.25) is 0 Å². The number of hydrogen-bond acceptors (Lipinski definition) is 2. The second-order valence-electron chi connectivity index (χ2n) is 1.69. The molecule has 0 radical (unpaired) electrons. The molecule has 44 valence electrons. The predicted molar refractivity (Wildman–Crippen MR) is 27.8 cm³/mol. The number of hydrogen-bond donors (Lipinski definition) is 2. The second-order valence-corrected chi connectivity index (χ2v) is 1.69. The average molecular weight is 104 g/mol. The lowest BCUT2D eigenvalue weighted by molar-refractivity contribution is -0.163. The van der Waals surface area contributed by atoms with Crippen LogP contribution in [-0.2, 0) is 0 Å². The maximum atomic E-state index is 8.69. The maximum absolute atomic E-state index is 8.69. The van der Waals surface area contributed by atoms with Gasteiger partial charge in [-0.2, -0.15) is 0 Å². The molecule has 7 heavy (non-hydrogen) atoms. The van der Waals surface area contributed by atoms with Crippen LogP contribution in [0.1, 0.15) is 26.7 Å². The highest BCUT2D eigenvalue weighted by molar-refractivity contribution is 4.55. The molecule has 0 aliphatic heterocycles. The van der Waals surface area contributed by atoms with Crippen LogP contribution in [-0.4, -0.2) is 16.0 Å². The molecule has 0 spiro atoms. The minimum absolute atomic E-state index is 0.406. The summed E-state index contributed by atoms with van der Waals surface area (Å²) in [5.41, 5.74) is 0. The van der Waals surface area contributed by atoms with Crippen LogP contribution >= 0.6 is 0 Å². The monoisotopic (exact) mass is 104 g/mol. The topological polar surface area (TPSA) is 40.5 Å². The SMILES string of the molecule is CCC(O)(O)CC. The molecule has 0 rings (SSSR count). The van der Waals surface area contributed by atoms with Gasteiger partial charge in [0.15, 0.2) is 5.79 Å². The molecule has 0 aromatic carbocycles. The molecule has 0 aliphatic rings. The predicted octanol–water partition coefficient (Wildman–Crippen LogP) is 0.487. The molecular weight excluding hydrogens is 92.1 g/mol. The quantitative estimate of drug-likeness (QED) is 0.500. The lowest BCUT2D eigenvalue weighted by atomic mass is 10.2. The molecule has 0 unspecified atom stereocenters. The summed E-state index contributed by atoms with van der Waals surface area (Å²) in [5, 5.41) is 17.4. The third-order valence-corrected chi connectivity index (χ3v) is 1.13. The van der Waals surface area contributed by atoms with Crippen LogP contribution in [0.5, 0.6) is 0 Å². The van der Waals surface area contributed by atoms with Crippen LogP contribution in [0, 0.1) is 0 Å². The van der Waals surface area contributed by atoms with Crippen molar-refractivity contribution in [3.8, 4) is 0 Å². The largest absolute Gasteiger partial charge is 0.366 e. The Bertz CT molecular complexity index is 44.0. The van der Waals surface area contributed by atoms with Gasteiger partial charge in [-0.1, -0.05) is 13.8 Å². The minimum Gasteiger partial charge on any atom is -0.366 e. The van der Waals surface area contributed by atoms with Crippen LogP contribution in [0.3, 0.4) is 0 Å². The standard InChI is InChI=1S/C5H12O2/c1-3-5(6,7)4-2/h6-7H,3-4H2,1-2H3. The Morgan fingerprint density at radius 2 is 1.43 bits per heavy atom. The summed E-state index contributed by atoms with van der Waals surface area (Å²) in [6.07, 6.45) is 0.812. The van der Waals surface area contributed by atoms with Crippen molar-refractivity contribution in [1.29, 1.82) is 0 Å². The highest BCUT2D eigenvalue weighted by atomic mass is 16.5. The summed E-state index contributed by atoms with van der Waals surface area (Å²) in [7, 11) is 0. The molecule has 2 nitrogen and oxygen atoms in total. The molecule has 0 heterocycles. The van der Waals surface area contributed by atoms with Gasteiger partial charge < -0.3 is 10.2 Å². The van der Waals surface area contributed by atoms with E-state index in [2.05, 4.69) is 0 Å². The fourth-order valence-corrected chi connectivity index (χ4v) is 0.250. The Balaban J connectivity index is 3.36. The van der Waals surface area contributed by atoms with Gasteiger partial charge in [0.1, 0.15) is 0 Å². The molecule has 0 saturated heterocycles. The summed E-state index contributed by atoms with van der Waals surface area (Å²) in [6.45, 7) is 3.48. The third kappa shape index (κ3) is 2.60. The van der Waals surface area contributed by atoms with E-state index in [1.807, 2.05) is 0 Å². The minimum atomic E-state index is -1.42. The van der Waals surface area contributed by atoms with Crippen LogP contribution in [0.25, 0.3) is 0 Å². The normalized spacial score (nSPS) is 12.0. The molecule has 0 aromatic rings. The fraction of sp³-hybridized carbons (Fsp3) is 1.00. The molecule has 0 aromatic heterocycles. The van der Waals surface area contributed by atoms with Gasteiger partial charge in [-0.05, 0) is 12.8 Å². The number of aliphatic hydroxyl groups is 2. The summed E-state index contributed by atoms with van der Waals surface area (Å²) in [4.78, 5) is 0. The highest BCUT2D eigenvalue weighted by Gasteiger charge is 2.14. The first-order chi connectivity index (χ1) is 3.12. The van der Waals surface area contributed by atoms with Crippen molar-refractivity contribution in [3.05, 3.63) is 0 Å². The van der Waals surface area contributed by atoms with Crippen molar-refractivity contribution in [2.45, 2.75) is 32.5 Å². The van der Waals surface area contributed by atoms with Crippen LogP contribution in [0.4, 0.5) is 0 Å². The van der Waals surface area contributed by atoms with E-state index in [0.29, 0.717) is 12.8 Å². The molecule has 0 atom stereocenters. The van der Waals surface area contributed by atoms with E-state index in [4.69, 9.17) is 10.2 Å². The van der Waals surface area contributed by atoms with E-state index in [0.717, 1.165) is 0 Å². The van der Waals surface area contributed by atoms with Crippen molar-refractivity contribution >= 4 is 0 Å². The van der Waals surface area contributed by atoms with Gasteiger partial charge in [-0.3, -0.25) is 0 Å². The van der Waals surface area contributed by atoms with Gasteiger partial charge in [-0.15, -0.1) is 0 Å². The summed E-state index contributed by atoms with van der Waals surface area (Å²) < 4.78 is 0. The van der Waals surface area contributed by atoms with Gasteiger partial charge in [0.2, 0.25) is 0 Å². The molecule has 0 fully saturated rings. The van der Waals surface area contributed by atoms with Crippen LogP contribution in [0.15, 0.2) is 0 Å². The molecule has 0 amide bonds. The van der Waals surface area contributed by atoms with E-state index in [9.17, 15) is 0 Å². The van der Waals surface area contributed by atoms with Gasteiger partial charge in [-0.25, -0.2) is 0 Å². The summed E-state index contributed by atoms with van der Waals surface area (Å²) in [6, 6.07) is 0. The molecular formula is C5H12O2. The van der Waals surface area contributed by atoms with Crippen molar-refractivity contribution in [1.82, 2.24) is 0 Å². The first kappa shape index (κ1) is 6.92. The Morgan fingerprint density at radius 1 is 1.14 bits per heavy atom. The van der Waals surface area contributed by atoms with E-state index < -0.39 is 5.79 Å². The highest BCUT2D eigenvalue weighted by Crippen LogP contribution is 2.07. The molecule has 0 bridgehead atoms. The van der Waals surface area contributed by atoms with Crippen molar-refractivity contribution in [2.75, 3.05) is 0 Å². The molecule has 0 saturated carbocycles. The van der Waals surface area contributed by atoms with Gasteiger partial charge in [0.05, 0.1) is 0 Å². The second kappa shape index (κ2) is 2.28. The average Bonchev–Trinajstić information content (AvgIpc) is 1.68. The lowest BCUT2D eigenvalue weighted by Crippen LogP contribution is -2.24. The number of rotatable bonds is 2. The molecule has 2 N–H and O–H groups in total. The van der Waals surface area contributed by atoms with Gasteiger partial charge in [0, 0.05) is 0 Å². The zero-order valence-corrected chi connectivity index (χ0v) is 4.81. The Hall–Kier alpha value is -0.0800. The summed E-state index contributed by atoms with van der Waals surface area (Å²) in [5.74, 6) is -1.42. The maximum Gasteiger partial charge on any atom is 0.161 e. The first-order valence-corrected chi connectivity index (χ1v) is 2.57. The third-order valence-electron chi connectivity index (χ3n) is 1.13. The van der Waals surface area contributed by atoms with Gasteiger partial charge >= 0.3 is 0 Å². The van der Waals surface area contributed by atoms with Crippen molar-refractivity contribution < 1.29 is 10.2 Å².